The molecule has 0 radical (unpaired) electrons. The van der Waals surface area contributed by atoms with Gasteiger partial charge in [0.2, 0.25) is 0 Å². The predicted molar refractivity (Wildman–Crippen MR) is 148 cm³/mol. The molecular weight excluding hydrogens is 428 g/mol. The summed E-state index contributed by atoms with van der Waals surface area (Å²) in [5, 5.41) is 20.4. The predicted octanol–water partition coefficient (Wildman–Crippen LogP) is 8.91. The molecule has 2 heteroatoms. The largest absolute Gasteiger partial charge is 0.508 e. The summed E-state index contributed by atoms with van der Waals surface area (Å²) in [6.07, 6.45) is 2.50. The van der Waals surface area contributed by atoms with Crippen molar-refractivity contribution in [1.29, 1.82) is 0 Å². The van der Waals surface area contributed by atoms with Crippen LogP contribution in [0.25, 0.3) is 11.1 Å². The number of rotatable bonds is 2. The Morgan fingerprint density at radius 1 is 0.543 bits per heavy atom. The molecule has 2 nitrogen and oxygen atoms in total. The summed E-state index contributed by atoms with van der Waals surface area (Å²) in [6, 6.07) is 28.8. The van der Waals surface area contributed by atoms with E-state index in [9.17, 15) is 10.2 Å². The fourth-order valence-electron chi connectivity index (χ4n) is 4.80. The molecule has 0 bridgehead atoms. The first-order valence-electron chi connectivity index (χ1n) is 12.7. The topological polar surface area (TPSA) is 40.5 Å². The summed E-state index contributed by atoms with van der Waals surface area (Å²) >= 11 is 0. The van der Waals surface area contributed by atoms with Crippen LogP contribution in [0, 0.1) is 13.8 Å². The summed E-state index contributed by atoms with van der Waals surface area (Å²) in [7, 11) is 0. The molecule has 35 heavy (non-hydrogen) atoms. The summed E-state index contributed by atoms with van der Waals surface area (Å²) in [5.74, 6) is 0.593. The average molecular weight is 467 g/mol. The molecule has 0 atom stereocenters. The Bertz CT molecular complexity index is 1190. The molecule has 0 fully saturated rings. The Morgan fingerprint density at radius 3 is 1.23 bits per heavy atom. The van der Waals surface area contributed by atoms with Gasteiger partial charge in [-0.05, 0) is 70.5 Å². The quantitative estimate of drug-likeness (QED) is 0.273. The zero-order chi connectivity index (χ0) is 25.6. The number of hydrogen-bond donors (Lipinski definition) is 2. The minimum atomic E-state index is -0.510. The maximum absolute atomic E-state index is 10.2. The number of phenolic OH excluding ortho intramolecular Hbond substituents is 2. The van der Waals surface area contributed by atoms with Crippen molar-refractivity contribution >= 4 is 0 Å². The molecule has 0 aromatic heterocycles. The van der Waals surface area contributed by atoms with Gasteiger partial charge in [0.05, 0.1) is 5.41 Å². The third-order valence-corrected chi connectivity index (χ3v) is 6.21. The molecule has 2 N–H and O–H groups in total. The second-order valence-electron chi connectivity index (χ2n) is 9.26. The highest BCUT2D eigenvalue weighted by molar-refractivity contribution is 5.86. The number of aromatic hydroxyl groups is 2. The standard InChI is InChI=1S/C27H22O2.2C3H8/c1-17-15-19(11-13-25(17)28)27(20-12-14-26(29)18(2)16-20)23-9-5-3-7-21(23)22-8-4-6-10-24(22)27;2*1-3-2/h3-16,28-29H,1-2H3;2*3H2,1-2H3. The molecule has 1 aliphatic rings. The molecular formula is C33H38O2. The van der Waals surface area contributed by atoms with E-state index in [4.69, 9.17) is 0 Å². The lowest BCUT2D eigenvalue weighted by Gasteiger charge is -2.34. The first-order valence-corrected chi connectivity index (χ1v) is 12.7. The molecule has 5 rings (SSSR count). The van der Waals surface area contributed by atoms with E-state index in [1.54, 1.807) is 12.1 Å². The van der Waals surface area contributed by atoms with Gasteiger partial charge in [0.1, 0.15) is 11.5 Å². The van der Waals surface area contributed by atoms with E-state index >= 15 is 0 Å². The van der Waals surface area contributed by atoms with E-state index in [2.05, 4.69) is 88.4 Å². The fourth-order valence-corrected chi connectivity index (χ4v) is 4.80. The van der Waals surface area contributed by atoms with E-state index in [0.29, 0.717) is 11.5 Å². The van der Waals surface area contributed by atoms with Gasteiger partial charge in [-0.1, -0.05) is 113 Å². The van der Waals surface area contributed by atoms with Crippen LogP contribution in [-0.2, 0) is 5.41 Å². The third-order valence-electron chi connectivity index (χ3n) is 6.21. The van der Waals surface area contributed by atoms with E-state index in [0.717, 1.165) is 22.3 Å². The first kappa shape index (κ1) is 26.1. The maximum atomic E-state index is 10.2. The van der Waals surface area contributed by atoms with Crippen molar-refractivity contribution in [3.8, 4) is 22.6 Å². The zero-order valence-corrected chi connectivity index (χ0v) is 21.9. The van der Waals surface area contributed by atoms with Gasteiger partial charge in [-0.3, -0.25) is 0 Å². The van der Waals surface area contributed by atoms with Crippen LogP contribution in [0.5, 0.6) is 11.5 Å². The lowest BCUT2D eigenvalue weighted by atomic mass is 9.67. The molecule has 0 amide bonds. The van der Waals surface area contributed by atoms with Crippen molar-refractivity contribution in [1.82, 2.24) is 0 Å². The Morgan fingerprint density at radius 2 is 0.886 bits per heavy atom. The van der Waals surface area contributed by atoms with Crippen molar-refractivity contribution in [2.45, 2.75) is 59.8 Å². The molecule has 4 aromatic carbocycles. The van der Waals surface area contributed by atoms with Gasteiger partial charge in [0.15, 0.2) is 0 Å². The summed E-state index contributed by atoms with van der Waals surface area (Å²) in [6.45, 7) is 12.4. The maximum Gasteiger partial charge on any atom is 0.118 e. The molecule has 4 aromatic rings. The smallest absolute Gasteiger partial charge is 0.118 e. The van der Waals surface area contributed by atoms with Crippen LogP contribution in [0.15, 0.2) is 84.9 Å². The molecule has 0 heterocycles. The lowest BCUT2D eigenvalue weighted by Crippen LogP contribution is -2.28. The molecule has 0 saturated heterocycles. The van der Waals surface area contributed by atoms with Crippen molar-refractivity contribution in [2.75, 3.05) is 0 Å². The van der Waals surface area contributed by atoms with Crippen LogP contribution in [-0.4, -0.2) is 10.2 Å². The monoisotopic (exact) mass is 466 g/mol. The number of hydrogen-bond acceptors (Lipinski definition) is 2. The van der Waals surface area contributed by atoms with Crippen LogP contribution < -0.4 is 0 Å². The van der Waals surface area contributed by atoms with Crippen molar-refractivity contribution in [3.63, 3.8) is 0 Å². The van der Waals surface area contributed by atoms with Gasteiger partial charge in [0.25, 0.3) is 0 Å². The molecule has 0 spiro atoms. The van der Waals surface area contributed by atoms with Crippen LogP contribution in [0.4, 0.5) is 0 Å². The lowest BCUT2D eigenvalue weighted by molar-refractivity contribution is 0.470. The summed E-state index contributed by atoms with van der Waals surface area (Å²) in [5.41, 5.74) is 8.28. The number of fused-ring (bicyclic) bond motifs is 3. The Hall–Kier alpha value is -3.52. The van der Waals surface area contributed by atoms with Gasteiger partial charge < -0.3 is 10.2 Å². The highest BCUT2D eigenvalue weighted by Crippen LogP contribution is 2.56. The number of benzene rings is 4. The van der Waals surface area contributed by atoms with E-state index in [-0.39, 0.29) is 0 Å². The highest BCUT2D eigenvalue weighted by Gasteiger charge is 2.46. The number of aryl methyl sites for hydroxylation is 2. The Labute approximate surface area is 210 Å². The average Bonchev–Trinajstić information content (AvgIpc) is 3.15. The summed E-state index contributed by atoms with van der Waals surface area (Å²) in [4.78, 5) is 0. The van der Waals surface area contributed by atoms with Gasteiger partial charge >= 0.3 is 0 Å². The molecule has 182 valence electrons. The zero-order valence-electron chi connectivity index (χ0n) is 21.9. The second-order valence-corrected chi connectivity index (χ2v) is 9.26. The van der Waals surface area contributed by atoms with Crippen LogP contribution in [0.2, 0.25) is 0 Å². The van der Waals surface area contributed by atoms with Crippen LogP contribution >= 0.6 is 0 Å². The third kappa shape index (κ3) is 4.71. The molecule has 0 aliphatic heterocycles. The van der Waals surface area contributed by atoms with Gasteiger partial charge in [0, 0.05) is 0 Å². The minimum Gasteiger partial charge on any atom is -0.508 e. The van der Waals surface area contributed by atoms with E-state index < -0.39 is 5.41 Å². The fraction of sp³-hybridized carbons (Fsp3) is 0.273. The number of phenols is 2. The minimum absolute atomic E-state index is 0.297. The Kier molecular flexibility index (Phi) is 8.40. The Balaban J connectivity index is 0.000000520. The summed E-state index contributed by atoms with van der Waals surface area (Å²) < 4.78 is 0. The molecule has 0 unspecified atom stereocenters. The van der Waals surface area contributed by atoms with Gasteiger partial charge in [-0.25, -0.2) is 0 Å². The first-order chi connectivity index (χ1) is 16.9. The van der Waals surface area contributed by atoms with Crippen LogP contribution in [0.1, 0.15) is 73.9 Å². The van der Waals surface area contributed by atoms with Crippen molar-refractivity contribution in [2.24, 2.45) is 0 Å². The normalized spacial score (nSPS) is 12.4. The highest BCUT2D eigenvalue weighted by atomic mass is 16.3. The van der Waals surface area contributed by atoms with Crippen molar-refractivity contribution in [3.05, 3.63) is 118 Å². The molecule has 0 saturated carbocycles. The van der Waals surface area contributed by atoms with E-state index in [1.807, 2.05) is 26.0 Å². The van der Waals surface area contributed by atoms with Crippen molar-refractivity contribution < 1.29 is 10.2 Å². The van der Waals surface area contributed by atoms with Crippen LogP contribution in [0.3, 0.4) is 0 Å². The second kappa shape index (κ2) is 11.3. The van der Waals surface area contributed by atoms with E-state index in [1.165, 1.54) is 35.1 Å². The molecule has 1 aliphatic carbocycles. The van der Waals surface area contributed by atoms with Gasteiger partial charge in [-0.15, -0.1) is 0 Å². The SMILES string of the molecule is CCC.CCC.Cc1cc(C2(c3ccc(O)c(C)c3)c3ccccc3-c3ccccc32)ccc1O. The van der Waals surface area contributed by atoms with Gasteiger partial charge in [-0.2, -0.15) is 0 Å².